The van der Waals surface area contributed by atoms with E-state index in [0.717, 1.165) is 39.1 Å². The summed E-state index contributed by atoms with van der Waals surface area (Å²) in [5.74, 6) is -0.284. The third-order valence-corrected chi connectivity index (χ3v) is 3.85. The number of nitrogens with zero attached hydrogens (tertiary/aromatic N) is 2. The Kier molecular flexibility index (Phi) is 6.73. The fourth-order valence-electron chi connectivity index (χ4n) is 2.49. The Morgan fingerprint density at radius 2 is 2.04 bits per heavy atom. The third kappa shape index (κ3) is 6.11. The van der Waals surface area contributed by atoms with Gasteiger partial charge in [0, 0.05) is 38.3 Å². The van der Waals surface area contributed by atoms with Crippen molar-refractivity contribution in [3.63, 3.8) is 0 Å². The second-order valence-electron chi connectivity index (χ2n) is 5.66. The molecule has 1 aromatic carbocycles. The number of carbonyl (C=O) groups is 1. The highest BCUT2D eigenvalue weighted by Gasteiger charge is 2.13. The van der Waals surface area contributed by atoms with E-state index < -0.39 is 6.61 Å². The first-order valence-electron chi connectivity index (χ1n) is 7.78. The minimum Gasteiger partial charge on any atom is -0.435 e. The Balaban J connectivity index is 1.70. The van der Waals surface area contributed by atoms with E-state index in [1.165, 1.54) is 18.2 Å². The third-order valence-electron chi connectivity index (χ3n) is 3.85. The molecule has 0 spiro atoms. The van der Waals surface area contributed by atoms with Gasteiger partial charge in [0.1, 0.15) is 5.75 Å². The van der Waals surface area contributed by atoms with Gasteiger partial charge in [0.25, 0.3) is 5.91 Å². The molecule has 5 nitrogen and oxygen atoms in total. The highest BCUT2D eigenvalue weighted by atomic mass is 19.3. The van der Waals surface area contributed by atoms with E-state index in [9.17, 15) is 13.6 Å². The zero-order valence-corrected chi connectivity index (χ0v) is 13.3. The lowest BCUT2D eigenvalue weighted by Gasteiger charge is -2.32. The number of rotatable bonds is 7. The maximum atomic E-state index is 12.2. The van der Waals surface area contributed by atoms with Crippen molar-refractivity contribution < 1.29 is 18.3 Å². The van der Waals surface area contributed by atoms with Gasteiger partial charge in [0.05, 0.1) is 0 Å². The van der Waals surface area contributed by atoms with E-state index in [-0.39, 0.29) is 11.7 Å². The van der Waals surface area contributed by atoms with E-state index in [1.54, 1.807) is 6.07 Å². The first-order valence-corrected chi connectivity index (χ1v) is 7.78. The molecule has 0 aliphatic carbocycles. The molecule has 0 aromatic heterocycles. The van der Waals surface area contributed by atoms with Crippen LogP contribution in [0.5, 0.6) is 5.75 Å². The lowest BCUT2D eigenvalue weighted by Crippen LogP contribution is -2.45. The normalized spacial score (nSPS) is 16.5. The molecule has 1 aliphatic rings. The maximum absolute atomic E-state index is 12.2. The molecule has 0 bridgehead atoms. The fourth-order valence-corrected chi connectivity index (χ4v) is 2.49. The number of carbonyl (C=O) groups excluding carboxylic acids is 1. The van der Waals surface area contributed by atoms with Gasteiger partial charge >= 0.3 is 6.61 Å². The number of likely N-dealkylation sites (N-methyl/N-ethyl adjacent to an activating group) is 1. The Morgan fingerprint density at radius 3 is 2.74 bits per heavy atom. The lowest BCUT2D eigenvalue weighted by molar-refractivity contribution is -0.0498. The topological polar surface area (TPSA) is 44.8 Å². The Labute approximate surface area is 135 Å². The van der Waals surface area contributed by atoms with Crippen LogP contribution in [0.25, 0.3) is 0 Å². The number of benzene rings is 1. The zero-order valence-electron chi connectivity index (χ0n) is 13.3. The smallest absolute Gasteiger partial charge is 0.387 e. The molecule has 1 N–H and O–H groups in total. The minimum atomic E-state index is -2.89. The summed E-state index contributed by atoms with van der Waals surface area (Å²) in [6.45, 7) is 2.87. The zero-order chi connectivity index (χ0) is 16.7. The Hall–Kier alpha value is -1.73. The average Bonchev–Trinajstić information content (AvgIpc) is 2.52. The second kappa shape index (κ2) is 8.79. The number of amides is 1. The number of nitrogens with one attached hydrogen (secondary N) is 1. The molecule has 2 rings (SSSR count). The molecule has 0 radical (unpaired) electrons. The van der Waals surface area contributed by atoms with E-state index >= 15 is 0 Å². The molecular formula is C16H23F2N3O2. The van der Waals surface area contributed by atoms with Crippen LogP contribution in [0.1, 0.15) is 16.8 Å². The summed E-state index contributed by atoms with van der Waals surface area (Å²) < 4.78 is 28.6. The molecule has 7 heteroatoms. The predicted octanol–water partition coefficient (Wildman–Crippen LogP) is 1.66. The van der Waals surface area contributed by atoms with Crippen LogP contribution < -0.4 is 10.1 Å². The predicted molar refractivity (Wildman–Crippen MR) is 84.0 cm³/mol. The van der Waals surface area contributed by atoms with Crippen molar-refractivity contribution in [3.05, 3.63) is 29.8 Å². The molecule has 0 saturated carbocycles. The van der Waals surface area contributed by atoms with Crippen LogP contribution in [0.15, 0.2) is 24.3 Å². The number of hydrogen-bond acceptors (Lipinski definition) is 4. The average molecular weight is 327 g/mol. The molecule has 1 amide bonds. The molecule has 0 unspecified atom stereocenters. The van der Waals surface area contributed by atoms with Crippen molar-refractivity contribution in [1.29, 1.82) is 0 Å². The number of hydrogen-bond donors (Lipinski definition) is 1. The summed E-state index contributed by atoms with van der Waals surface area (Å²) in [7, 11) is 2.11. The molecule has 1 saturated heterocycles. The molecule has 1 aliphatic heterocycles. The van der Waals surface area contributed by atoms with Crippen LogP contribution in [0.4, 0.5) is 8.78 Å². The van der Waals surface area contributed by atoms with E-state index in [2.05, 4.69) is 26.9 Å². The van der Waals surface area contributed by atoms with Crippen LogP contribution >= 0.6 is 0 Å². The number of halogens is 2. The first-order chi connectivity index (χ1) is 11.0. The number of alkyl halides is 2. The van der Waals surface area contributed by atoms with Crippen LogP contribution in [0.2, 0.25) is 0 Å². The summed E-state index contributed by atoms with van der Waals surface area (Å²) in [6.07, 6.45) is 0.864. The number of piperazine rings is 1. The SMILES string of the molecule is CN1CCN(CCCNC(=O)c2cccc(OC(F)F)c2)CC1. The van der Waals surface area contributed by atoms with Gasteiger partial charge in [-0.05, 0) is 38.2 Å². The van der Waals surface area contributed by atoms with Crippen molar-refractivity contribution in [2.45, 2.75) is 13.0 Å². The van der Waals surface area contributed by atoms with Crippen LogP contribution in [0, 0.1) is 0 Å². The van der Waals surface area contributed by atoms with E-state index in [0.29, 0.717) is 12.1 Å². The maximum Gasteiger partial charge on any atom is 0.387 e. The summed E-state index contributed by atoms with van der Waals surface area (Å²) in [4.78, 5) is 16.7. The van der Waals surface area contributed by atoms with Crippen molar-refractivity contribution in [1.82, 2.24) is 15.1 Å². The largest absolute Gasteiger partial charge is 0.435 e. The minimum absolute atomic E-state index is 0.00918. The van der Waals surface area contributed by atoms with Gasteiger partial charge in [-0.3, -0.25) is 4.79 Å². The van der Waals surface area contributed by atoms with Gasteiger partial charge in [0.15, 0.2) is 0 Å². The molecule has 23 heavy (non-hydrogen) atoms. The molecule has 128 valence electrons. The van der Waals surface area contributed by atoms with Crippen molar-refractivity contribution in [2.24, 2.45) is 0 Å². The Bertz CT molecular complexity index is 506. The van der Waals surface area contributed by atoms with Crippen molar-refractivity contribution >= 4 is 5.91 Å². The van der Waals surface area contributed by atoms with Gasteiger partial charge in [-0.25, -0.2) is 0 Å². The summed E-state index contributed by atoms with van der Waals surface area (Å²) in [5.41, 5.74) is 0.322. The molecule has 1 fully saturated rings. The van der Waals surface area contributed by atoms with Gasteiger partial charge in [-0.15, -0.1) is 0 Å². The Morgan fingerprint density at radius 1 is 1.30 bits per heavy atom. The van der Waals surface area contributed by atoms with Crippen molar-refractivity contribution in [3.8, 4) is 5.75 Å². The molecular weight excluding hydrogens is 304 g/mol. The van der Waals surface area contributed by atoms with Gasteiger partial charge in [-0.2, -0.15) is 8.78 Å². The standard InChI is InChI=1S/C16H23F2N3O2/c1-20-8-10-21(11-9-20)7-3-6-19-15(22)13-4-2-5-14(12-13)23-16(17)18/h2,4-5,12,16H,3,6-11H2,1H3,(H,19,22). The molecule has 1 aromatic rings. The quantitative estimate of drug-likeness (QED) is 0.774. The van der Waals surface area contributed by atoms with Gasteiger partial charge < -0.3 is 19.9 Å². The summed E-state index contributed by atoms with van der Waals surface area (Å²) in [6, 6.07) is 5.82. The van der Waals surface area contributed by atoms with Gasteiger partial charge in [-0.1, -0.05) is 6.07 Å². The van der Waals surface area contributed by atoms with Crippen LogP contribution in [-0.4, -0.2) is 68.6 Å². The number of ether oxygens (including phenoxy) is 1. The van der Waals surface area contributed by atoms with Crippen LogP contribution in [-0.2, 0) is 0 Å². The van der Waals surface area contributed by atoms with Gasteiger partial charge in [0.2, 0.25) is 0 Å². The second-order valence-corrected chi connectivity index (χ2v) is 5.66. The monoisotopic (exact) mass is 327 g/mol. The highest BCUT2D eigenvalue weighted by molar-refractivity contribution is 5.94. The highest BCUT2D eigenvalue weighted by Crippen LogP contribution is 2.15. The molecule has 0 atom stereocenters. The lowest BCUT2D eigenvalue weighted by atomic mass is 10.2. The first kappa shape index (κ1) is 17.6. The molecule has 1 heterocycles. The van der Waals surface area contributed by atoms with Crippen molar-refractivity contribution in [2.75, 3.05) is 46.3 Å². The van der Waals surface area contributed by atoms with E-state index in [1.807, 2.05) is 0 Å². The van der Waals surface area contributed by atoms with E-state index in [4.69, 9.17) is 0 Å². The summed E-state index contributed by atoms with van der Waals surface area (Å²) in [5, 5.41) is 2.81. The summed E-state index contributed by atoms with van der Waals surface area (Å²) >= 11 is 0. The van der Waals surface area contributed by atoms with Crippen LogP contribution in [0.3, 0.4) is 0 Å². The fraction of sp³-hybridized carbons (Fsp3) is 0.562.